The average Bonchev–Trinajstić information content (AvgIpc) is 2.55. The number of hydrogen-bond donors (Lipinski definition) is 2. The van der Waals surface area contributed by atoms with Crippen LogP contribution in [0.3, 0.4) is 0 Å². The first kappa shape index (κ1) is 13.3. The first-order valence-corrected chi connectivity index (χ1v) is 6.30. The first-order valence-electron chi connectivity index (χ1n) is 5.92. The third-order valence-corrected chi connectivity index (χ3v) is 3.46. The molecular formula is C13H18ClN3O. The van der Waals surface area contributed by atoms with Crippen LogP contribution < -0.4 is 11.2 Å². The second-order valence-corrected chi connectivity index (χ2v) is 5.91. The summed E-state index contributed by atoms with van der Waals surface area (Å²) >= 11 is 6.14. The van der Waals surface area contributed by atoms with Crippen molar-refractivity contribution in [2.45, 2.75) is 38.4 Å². The summed E-state index contributed by atoms with van der Waals surface area (Å²) < 4.78 is 0. The van der Waals surface area contributed by atoms with Gasteiger partial charge < -0.3 is 5.73 Å². The Labute approximate surface area is 112 Å². The Morgan fingerprint density at radius 3 is 2.44 bits per heavy atom. The van der Waals surface area contributed by atoms with E-state index in [2.05, 4.69) is 5.43 Å². The Hall–Kier alpha value is -1.10. The maximum Gasteiger partial charge on any atom is 0.244 e. The van der Waals surface area contributed by atoms with Crippen LogP contribution in [0.5, 0.6) is 0 Å². The summed E-state index contributed by atoms with van der Waals surface area (Å²) in [5.41, 5.74) is 9.56. The zero-order valence-electron chi connectivity index (χ0n) is 10.8. The minimum absolute atomic E-state index is 0.106. The van der Waals surface area contributed by atoms with Gasteiger partial charge in [-0.15, -0.1) is 0 Å². The molecule has 1 heterocycles. The van der Waals surface area contributed by atoms with Gasteiger partial charge in [0.15, 0.2) is 0 Å². The Morgan fingerprint density at radius 2 is 1.94 bits per heavy atom. The van der Waals surface area contributed by atoms with Gasteiger partial charge in [-0.1, -0.05) is 29.8 Å². The number of halogens is 1. The highest BCUT2D eigenvalue weighted by Gasteiger charge is 2.44. The molecule has 2 atom stereocenters. The second kappa shape index (κ2) is 4.53. The van der Waals surface area contributed by atoms with Crippen molar-refractivity contribution in [3.05, 3.63) is 34.9 Å². The summed E-state index contributed by atoms with van der Waals surface area (Å²) in [6.45, 7) is 6.01. The third-order valence-electron chi connectivity index (χ3n) is 3.12. The first-order chi connectivity index (χ1) is 8.32. The van der Waals surface area contributed by atoms with Crippen molar-refractivity contribution in [2.75, 3.05) is 0 Å². The fraction of sp³-hybridized carbons (Fsp3) is 0.462. The number of nitrogens with zero attached hydrogens (tertiary/aromatic N) is 1. The molecule has 0 bridgehead atoms. The lowest BCUT2D eigenvalue weighted by molar-refractivity contribution is -0.123. The molecule has 1 aliphatic rings. The van der Waals surface area contributed by atoms with Gasteiger partial charge in [0.05, 0.1) is 12.1 Å². The second-order valence-electron chi connectivity index (χ2n) is 5.51. The molecule has 1 aromatic rings. The molecule has 2 unspecified atom stereocenters. The summed E-state index contributed by atoms with van der Waals surface area (Å²) in [6, 6.07) is 7.32. The highest BCUT2D eigenvalue weighted by Crippen LogP contribution is 2.33. The van der Waals surface area contributed by atoms with E-state index in [1.165, 1.54) is 0 Å². The van der Waals surface area contributed by atoms with Gasteiger partial charge >= 0.3 is 0 Å². The van der Waals surface area contributed by atoms with Gasteiger partial charge in [-0.2, -0.15) is 5.01 Å². The van der Waals surface area contributed by atoms with E-state index >= 15 is 0 Å². The van der Waals surface area contributed by atoms with Crippen LogP contribution in [0.15, 0.2) is 24.3 Å². The highest BCUT2D eigenvalue weighted by atomic mass is 35.5. The maximum absolute atomic E-state index is 12.1. The Kier molecular flexibility index (Phi) is 3.36. The van der Waals surface area contributed by atoms with Crippen molar-refractivity contribution < 1.29 is 4.79 Å². The molecule has 1 aliphatic heterocycles. The molecule has 1 saturated heterocycles. The van der Waals surface area contributed by atoms with Crippen molar-refractivity contribution in [2.24, 2.45) is 5.73 Å². The van der Waals surface area contributed by atoms with Gasteiger partial charge in [0.1, 0.15) is 0 Å². The zero-order chi connectivity index (χ0) is 13.5. The molecule has 1 aromatic carbocycles. The number of carbonyl (C=O) groups excluding carboxylic acids is 1. The molecule has 3 N–H and O–H groups in total. The quantitative estimate of drug-likeness (QED) is 0.817. The number of hydrazine groups is 1. The predicted molar refractivity (Wildman–Crippen MR) is 71.9 cm³/mol. The minimum atomic E-state index is -0.432. The number of hydrogen-bond acceptors (Lipinski definition) is 3. The van der Waals surface area contributed by atoms with Gasteiger partial charge in [0, 0.05) is 10.6 Å². The molecule has 0 saturated carbocycles. The summed E-state index contributed by atoms with van der Waals surface area (Å²) in [6.07, 6.45) is -0.419. The molecule has 0 aromatic heterocycles. The zero-order valence-corrected chi connectivity index (χ0v) is 11.5. The lowest BCUT2D eigenvalue weighted by Crippen LogP contribution is -2.54. The normalized spacial score (nSPS) is 25.3. The molecule has 1 amide bonds. The summed E-state index contributed by atoms with van der Waals surface area (Å²) in [7, 11) is 0. The van der Waals surface area contributed by atoms with Gasteiger partial charge in [0.2, 0.25) is 5.91 Å². The van der Waals surface area contributed by atoms with Crippen molar-refractivity contribution >= 4 is 17.5 Å². The van der Waals surface area contributed by atoms with Gasteiger partial charge in [-0.3, -0.25) is 10.2 Å². The van der Waals surface area contributed by atoms with E-state index in [4.69, 9.17) is 17.3 Å². The highest BCUT2D eigenvalue weighted by molar-refractivity contribution is 6.31. The standard InChI is InChI=1S/C13H18ClN3O/c1-13(2,3)17-11(15)10(12(18)16-17)8-6-4-5-7-9(8)14/h4-7,10-11H,15H2,1-3H3,(H,16,18). The van der Waals surface area contributed by atoms with Gasteiger partial charge in [0.25, 0.3) is 0 Å². The third kappa shape index (κ3) is 2.23. The smallest absolute Gasteiger partial charge is 0.244 e. The summed E-state index contributed by atoms with van der Waals surface area (Å²) in [5, 5.41) is 2.35. The van der Waals surface area contributed by atoms with Crippen LogP contribution in [-0.2, 0) is 4.79 Å². The van der Waals surface area contributed by atoms with Crippen LogP contribution in [0.25, 0.3) is 0 Å². The van der Waals surface area contributed by atoms with E-state index in [1.807, 2.05) is 39.0 Å². The monoisotopic (exact) mass is 267 g/mol. The van der Waals surface area contributed by atoms with Crippen molar-refractivity contribution in [3.63, 3.8) is 0 Å². The van der Waals surface area contributed by atoms with E-state index in [0.29, 0.717) is 5.02 Å². The lowest BCUT2D eigenvalue weighted by Gasteiger charge is -2.34. The molecule has 0 aliphatic carbocycles. The van der Waals surface area contributed by atoms with E-state index < -0.39 is 12.1 Å². The molecule has 5 heteroatoms. The average molecular weight is 268 g/mol. The largest absolute Gasteiger partial charge is 0.313 e. The molecule has 2 rings (SSSR count). The van der Waals surface area contributed by atoms with E-state index in [9.17, 15) is 4.79 Å². The SMILES string of the molecule is CC(C)(C)N1NC(=O)C(c2ccccc2Cl)C1N. The topological polar surface area (TPSA) is 58.4 Å². The molecule has 0 radical (unpaired) electrons. The maximum atomic E-state index is 12.1. The molecular weight excluding hydrogens is 250 g/mol. The number of nitrogens with two attached hydrogens (primary N) is 1. The van der Waals surface area contributed by atoms with Crippen LogP contribution in [0.1, 0.15) is 32.3 Å². The van der Waals surface area contributed by atoms with Crippen LogP contribution >= 0.6 is 11.6 Å². The fourth-order valence-electron chi connectivity index (χ4n) is 2.23. The number of carbonyl (C=O) groups is 1. The van der Waals surface area contributed by atoms with Crippen LogP contribution in [0, 0.1) is 0 Å². The van der Waals surface area contributed by atoms with Crippen LogP contribution in [-0.4, -0.2) is 22.6 Å². The predicted octanol–water partition coefficient (Wildman–Crippen LogP) is 1.85. The summed E-state index contributed by atoms with van der Waals surface area (Å²) in [5.74, 6) is -0.538. The number of benzene rings is 1. The van der Waals surface area contributed by atoms with Crippen molar-refractivity contribution in [3.8, 4) is 0 Å². The minimum Gasteiger partial charge on any atom is -0.313 e. The van der Waals surface area contributed by atoms with Gasteiger partial charge in [-0.25, -0.2) is 0 Å². The summed E-state index contributed by atoms with van der Waals surface area (Å²) in [4.78, 5) is 12.1. The van der Waals surface area contributed by atoms with Crippen molar-refractivity contribution in [1.29, 1.82) is 0 Å². The Balaban J connectivity index is 2.36. The number of amides is 1. The molecule has 98 valence electrons. The Morgan fingerprint density at radius 1 is 1.33 bits per heavy atom. The van der Waals surface area contributed by atoms with Crippen LogP contribution in [0.4, 0.5) is 0 Å². The Bertz CT molecular complexity index is 470. The molecule has 4 nitrogen and oxygen atoms in total. The van der Waals surface area contributed by atoms with Crippen molar-refractivity contribution in [1.82, 2.24) is 10.4 Å². The number of nitrogens with one attached hydrogen (secondary N) is 1. The fourth-order valence-corrected chi connectivity index (χ4v) is 2.49. The lowest BCUT2D eigenvalue weighted by atomic mass is 9.95. The van der Waals surface area contributed by atoms with E-state index in [0.717, 1.165) is 5.56 Å². The number of rotatable bonds is 1. The van der Waals surface area contributed by atoms with E-state index in [-0.39, 0.29) is 11.4 Å². The van der Waals surface area contributed by atoms with Gasteiger partial charge in [-0.05, 0) is 32.4 Å². The molecule has 18 heavy (non-hydrogen) atoms. The van der Waals surface area contributed by atoms with E-state index in [1.54, 1.807) is 11.1 Å². The van der Waals surface area contributed by atoms with Crippen LogP contribution in [0.2, 0.25) is 5.02 Å². The molecule has 0 spiro atoms. The molecule has 1 fully saturated rings.